The largest absolute Gasteiger partial charge is 0.123 e. The first-order valence-corrected chi connectivity index (χ1v) is 18.8. The molecule has 0 nitrogen and oxygen atoms in total. The molecule has 0 spiro atoms. The minimum absolute atomic E-state index is 0.490. The molecule has 1 aliphatic heterocycles. The molecule has 164 valence electrons. The third-order valence-corrected chi connectivity index (χ3v) is 39.2. The standard InChI is InChI=1S/C28H30P2S2/c1-21-9-5-13-25(17-21)32(30(29)31-32,26-14-6-10-22(2)18-26,27-15-7-11-23(3)19-27)28-16-8-12-24(4)20-28/h5-20H,29H2,1-4H3. The van der Waals surface area contributed by atoms with E-state index in [0.29, 0.717) is 0 Å². The van der Waals surface area contributed by atoms with Crippen molar-refractivity contribution in [1.29, 1.82) is 0 Å². The van der Waals surface area contributed by atoms with Crippen LogP contribution in [0.2, 0.25) is 0 Å². The van der Waals surface area contributed by atoms with Crippen LogP contribution in [-0.4, -0.2) is 0 Å². The van der Waals surface area contributed by atoms with Crippen LogP contribution in [0.1, 0.15) is 22.3 Å². The van der Waals surface area contributed by atoms with Crippen LogP contribution in [0.15, 0.2) is 117 Å². The molecule has 0 aliphatic carbocycles. The Bertz CT molecular complexity index is 1180. The maximum Gasteiger partial charge on any atom is 0.0336 e. The van der Waals surface area contributed by atoms with Crippen molar-refractivity contribution in [2.75, 3.05) is 0 Å². The van der Waals surface area contributed by atoms with Gasteiger partial charge in [0.1, 0.15) is 0 Å². The molecule has 0 amide bonds. The maximum absolute atomic E-state index is 3.35. The van der Waals surface area contributed by atoms with Crippen LogP contribution in [0.25, 0.3) is 0 Å². The van der Waals surface area contributed by atoms with Gasteiger partial charge in [0.2, 0.25) is 0 Å². The van der Waals surface area contributed by atoms with Gasteiger partial charge < -0.3 is 0 Å². The zero-order valence-corrected chi connectivity index (χ0v) is 22.8. The molecule has 5 rings (SSSR count). The minimum Gasteiger partial charge on any atom is -0.123 e. The predicted molar refractivity (Wildman–Crippen MR) is 150 cm³/mol. The van der Waals surface area contributed by atoms with Crippen LogP contribution >= 0.6 is 32.3 Å². The van der Waals surface area contributed by atoms with E-state index >= 15 is 0 Å². The van der Waals surface area contributed by atoms with Crippen LogP contribution in [0, 0.1) is 27.7 Å². The molecule has 4 heteroatoms. The molecule has 1 heterocycles. The van der Waals surface area contributed by atoms with Gasteiger partial charge in [0.05, 0.1) is 0 Å². The molecule has 4 aromatic rings. The molecule has 0 saturated carbocycles. The lowest BCUT2D eigenvalue weighted by Gasteiger charge is -2.65. The van der Waals surface area contributed by atoms with Crippen molar-refractivity contribution in [2.45, 2.75) is 47.3 Å². The summed E-state index contributed by atoms with van der Waals surface area (Å²) in [7, 11) is 5.56. The number of hydrogen-bond donors (Lipinski definition) is 0. The monoisotopic (exact) mass is 492 g/mol. The Kier molecular flexibility index (Phi) is 5.02. The third kappa shape index (κ3) is 2.45. The molecular formula is C28H30P2S2. The van der Waals surface area contributed by atoms with E-state index in [9.17, 15) is 0 Å². The van der Waals surface area contributed by atoms with Crippen LogP contribution < -0.4 is 0 Å². The average molecular weight is 493 g/mol. The summed E-state index contributed by atoms with van der Waals surface area (Å²) in [5.74, 6) is 0. The quantitative estimate of drug-likeness (QED) is 0.155. The number of hydrogen-bond acceptors (Lipinski definition) is 1. The smallest absolute Gasteiger partial charge is 0.0336 e. The second-order valence-electron chi connectivity index (χ2n) is 9.01. The molecule has 2 unspecified atom stereocenters. The van der Waals surface area contributed by atoms with E-state index in [2.05, 4.69) is 144 Å². The highest BCUT2D eigenvalue weighted by molar-refractivity contribution is 9.73. The number of rotatable bonds is 4. The number of aryl methyl sites for hydroxylation is 4. The highest BCUT2D eigenvalue weighted by atomic mass is 33.9. The average Bonchev–Trinajstić information content (AvgIpc) is 3.39. The Morgan fingerprint density at radius 3 is 0.969 bits per heavy atom. The van der Waals surface area contributed by atoms with Gasteiger partial charge >= 0.3 is 0 Å². The third-order valence-electron chi connectivity index (χ3n) is 6.85. The van der Waals surface area contributed by atoms with Crippen molar-refractivity contribution in [1.82, 2.24) is 0 Å². The van der Waals surface area contributed by atoms with Gasteiger partial charge in [-0.05, 0) is 76.2 Å². The lowest BCUT2D eigenvalue weighted by molar-refractivity contribution is 1.19. The molecule has 1 aliphatic rings. The highest BCUT2D eigenvalue weighted by Crippen LogP contribution is 3.44. The molecular weight excluding hydrogens is 462 g/mol. The summed E-state index contributed by atoms with van der Waals surface area (Å²) < 4.78 is 0. The first-order chi connectivity index (χ1) is 15.3. The van der Waals surface area contributed by atoms with E-state index in [0.717, 1.165) is 0 Å². The Labute approximate surface area is 198 Å². The van der Waals surface area contributed by atoms with Gasteiger partial charge in [-0.15, -0.1) is 6.95 Å². The molecule has 32 heavy (non-hydrogen) atoms. The molecule has 2 atom stereocenters. The van der Waals surface area contributed by atoms with Crippen molar-refractivity contribution in [3.8, 4) is 0 Å². The van der Waals surface area contributed by atoms with Gasteiger partial charge in [-0.1, -0.05) is 90.1 Å². The molecule has 0 radical (unpaired) electrons. The Balaban J connectivity index is 2.14. The summed E-state index contributed by atoms with van der Waals surface area (Å²) in [6.45, 7) is 5.56. The number of benzene rings is 4. The molecule has 0 bridgehead atoms. The molecule has 1 saturated heterocycles. The molecule has 4 aromatic carbocycles. The van der Waals surface area contributed by atoms with Gasteiger partial charge in [-0.25, -0.2) is 0 Å². The molecule has 0 aromatic heterocycles. The predicted octanol–water partition coefficient (Wildman–Crippen LogP) is 10.1. The second kappa shape index (κ2) is 7.22. The van der Waals surface area contributed by atoms with Crippen molar-refractivity contribution in [3.05, 3.63) is 119 Å². The van der Waals surface area contributed by atoms with Gasteiger partial charge in [0, 0.05) is 25.6 Å². The first kappa shape index (κ1) is 22.2. The van der Waals surface area contributed by atoms with Crippen molar-refractivity contribution >= 4 is 32.3 Å². The van der Waals surface area contributed by atoms with Gasteiger partial charge in [0.15, 0.2) is 0 Å². The van der Waals surface area contributed by atoms with Crippen LogP contribution in [-0.2, 0) is 0 Å². The molecule has 0 N–H and O–H groups in total. The van der Waals surface area contributed by atoms with Crippen molar-refractivity contribution < 1.29 is 0 Å². The first-order valence-electron chi connectivity index (χ1n) is 10.9. The summed E-state index contributed by atoms with van der Waals surface area (Å²) in [4.78, 5) is 5.88. The Hall–Kier alpha value is -1.56. The Morgan fingerprint density at radius 2 is 0.781 bits per heavy atom. The SMILES string of the molecule is Cc1cccc(S2(c3cccc(C)c3)(c3cccc(C)c3)(c3cccc(C)c3)SP2P)c1. The van der Waals surface area contributed by atoms with Crippen molar-refractivity contribution in [3.63, 3.8) is 0 Å². The van der Waals surface area contributed by atoms with Crippen molar-refractivity contribution in [2.24, 2.45) is 0 Å². The molecule has 1 fully saturated rings. The normalized spacial score (nSPS) is 22.1. The van der Waals surface area contributed by atoms with Crippen LogP contribution in [0.4, 0.5) is 0 Å². The van der Waals surface area contributed by atoms with E-state index in [1.165, 1.54) is 41.8 Å². The zero-order chi connectivity index (χ0) is 22.6. The fourth-order valence-electron chi connectivity index (χ4n) is 5.23. The van der Waals surface area contributed by atoms with Crippen LogP contribution in [0.5, 0.6) is 0 Å². The summed E-state index contributed by atoms with van der Waals surface area (Å²) >= 11 is 0. The maximum atomic E-state index is 3.33. The fraction of sp³-hybridized carbons (Fsp3) is 0.143. The van der Waals surface area contributed by atoms with E-state index in [-0.39, 0.29) is 0 Å². The fourth-order valence-corrected chi connectivity index (χ4v) is 44.6. The minimum atomic E-state index is -3.35. The summed E-state index contributed by atoms with van der Waals surface area (Å²) in [5.41, 5.74) is 5.26. The highest BCUT2D eigenvalue weighted by Gasteiger charge is 2.83. The lowest BCUT2D eigenvalue weighted by Crippen LogP contribution is -2.21. The summed E-state index contributed by atoms with van der Waals surface area (Å²) in [6.07, 6.45) is 0. The van der Waals surface area contributed by atoms with E-state index in [4.69, 9.17) is 0 Å². The lowest BCUT2D eigenvalue weighted by atomic mass is 10.2. The zero-order valence-electron chi connectivity index (χ0n) is 19.1. The summed E-state index contributed by atoms with van der Waals surface area (Å²) in [5, 5.41) is 0. The van der Waals surface area contributed by atoms with Gasteiger partial charge in [-0.3, -0.25) is 0 Å². The van der Waals surface area contributed by atoms with E-state index in [1.54, 1.807) is 0 Å². The summed E-state index contributed by atoms with van der Waals surface area (Å²) in [6, 6.07) is 36.9. The van der Waals surface area contributed by atoms with E-state index < -0.39 is 13.0 Å². The van der Waals surface area contributed by atoms with Crippen LogP contribution in [0.3, 0.4) is 0 Å². The van der Waals surface area contributed by atoms with E-state index in [1.807, 2.05) is 0 Å². The Morgan fingerprint density at radius 1 is 0.531 bits per heavy atom. The van der Waals surface area contributed by atoms with Gasteiger partial charge in [0.25, 0.3) is 0 Å². The topological polar surface area (TPSA) is 0 Å². The second-order valence-corrected chi connectivity index (χ2v) is 29.0. The van der Waals surface area contributed by atoms with Gasteiger partial charge in [-0.2, -0.15) is 0 Å².